The van der Waals surface area contributed by atoms with Crippen LogP contribution in [0.15, 0.2) is 12.1 Å². The quantitative estimate of drug-likeness (QED) is 0.869. The van der Waals surface area contributed by atoms with Crippen LogP contribution in [0.3, 0.4) is 0 Å². The molecule has 5 nitrogen and oxygen atoms in total. The van der Waals surface area contributed by atoms with Gasteiger partial charge in [0.05, 0.1) is 0 Å². The van der Waals surface area contributed by atoms with Crippen LogP contribution >= 0.6 is 11.6 Å². The number of likely N-dealkylation sites (tertiary alicyclic amines) is 1. The topological polar surface area (TPSA) is 58.6 Å². The van der Waals surface area contributed by atoms with E-state index in [9.17, 15) is 9.59 Å². The molecule has 0 atom stereocenters. The Hall–Kier alpha value is -1.75. The van der Waals surface area contributed by atoms with Crippen molar-refractivity contribution in [3.63, 3.8) is 0 Å². The number of halogens is 1. The number of nitrogens with zero attached hydrogens (tertiary/aromatic N) is 1. The third-order valence-corrected chi connectivity index (χ3v) is 5.16. The lowest BCUT2D eigenvalue weighted by Gasteiger charge is -2.36. The van der Waals surface area contributed by atoms with E-state index in [-0.39, 0.29) is 29.9 Å². The number of hydrogen-bond acceptors (Lipinski definition) is 3. The summed E-state index contributed by atoms with van der Waals surface area (Å²) in [5.74, 6) is 0.667. The van der Waals surface area contributed by atoms with Crippen LogP contribution in [0.4, 0.5) is 0 Å². The zero-order valence-corrected chi connectivity index (χ0v) is 17.1. The van der Waals surface area contributed by atoms with Crippen LogP contribution in [0.5, 0.6) is 5.75 Å². The maximum Gasteiger partial charge on any atom is 0.258 e. The summed E-state index contributed by atoms with van der Waals surface area (Å²) >= 11 is 6.14. The molecule has 1 aromatic rings. The first-order chi connectivity index (χ1) is 12.1. The number of amides is 2. The molecule has 0 bridgehead atoms. The van der Waals surface area contributed by atoms with Gasteiger partial charge in [0, 0.05) is 29.6 Å². The van der Waals surface area contributed by atoms with E-state index in [1.807, 2.05) is 51.7 Å². The summed E-state index contributed by atoms with van der Waals surface area (Å²) in [6.07, 6.45) is 1.54. The minimum Gasteiger partial charge on any atom is -0.484 e. The van der Waals surface area contributed by atoms with Gasteiger partial charge < -0.3 is 15.0 Å². The summed E-state index contributed by atoms with van der Waals surface area (Å²) in [6, 6.07) is 3.75. The van der Waals surface area contributed by atoms with E-state index in [2.05, 4.69) is 5.32 Å². The Kier molecular flexibility index (Phi) is 6.56. The summed E-state index contributed by atoms with van der Waals surface area (Å²) in [5.41, 5.74) is 1.50. The molecule has 1 aliphatic heterocycles. The van der Waals surface area contributed by atoms with Gasteiger partial charge in [0.2, 0.25) is 5.91 Å². The molecule has 0 radical (unpaired) electrons. The van der Waals surface area contributed by atoms with Gasteiger partial charge in [-0.3, -0.25) is 9.59 Å². The second-order valence-electron chi connectivity index (χ2n) is 8.04. The summed E-state index contributed by atoms with van der Waals surface area (Å²) in [7, 11) is 0. The third-order valence-electron chi connectivity index (χ3n) is 4.57. The maximum atomic E-state index is 12.3. The number of ether oxygens (including phenoxy) is 1. The molecule has 0 spiro atoms. The second-order valence-corrected chi connectivity index (χ2v) is 8.42. The molecule has 2 amide bonds. The van der Waals surface area contributed by atoms with Gasteiger partial charge in [-0.25, -0.2) is 0 Å². The Morgan fingerprint density at radius 3 is 2.23 bits per heavy atom. The van der Waals surface area contributed by atoms with Crippen LogP contribution in [0.1, 0.15) is 44.7 Å². The minimum absolute atomic E-state index is 0.0261. The first-order valence-corrected chi connectivity index (χ1v) is 9.44. The average molecular weight is 381 g/mol. The van der Waals surface area contributed by atoms with Crippen LogP contribution in [-0.2, 0) is 9.59 Å². The Labute approximate surface area is 161 Å². The Morgan fingerprint density at radius 2 is 1.73 bits per heavy atom. The fraction of sp³-hybridized carbons (Fsp3) is 0.600. The second kappa shape index (κ2) is 8.30. The largest absolute Gasteiger partial charge is 0.484 e. The monoisotopic (exact) mass is 380 g/mol. The molecular weight excluding hydrogens is 352 g/mol. The number of benzene rings is 1. The number of rotatable bonds is 4. The van der Waals surface area contributed by atoms with Gasteiger partial charge in [0.15, 0.2) is 6.61 Å². The minimum atomic E-state index is -0.362. The number of carbonyl (C=O) groups is 2. The number of hydrogen-bond donors (Lipinski definition) is 1. The molecule has 1 fully saturated rings. The van der Waals surface area contributed by atoms with Crippen molar-refractivity contribution < 1.29 is 14.3 Å². The number of piperidine rings is 1. The fourth-order valence-corrected chi connectivity index (χ4v) is 3.22. The number of nitrogens with one attached hydrogen (secondary N) is 1. The molecule has 6 heteroatoms. The molecular formula is C20H29ClN2O3. The van der Waals surface area contributed by atoms with E-state index in [1.54, 1.807) is 0 Å². The van der Waals surface area contributed by atoms with Crippen LogP contribution in [0.2, 0.25) is 5.02 Å². The molecule has 1 aliphatic rings. The highest BCUT2D eigenvalue weighted by Crippen LogP contribution is 2.26. The van der Waals surface area contributed by atoms with Crippen LogP contribution < -0.4 is 10.1 Å². The number of carbonyl (C=O) groups excluding carboxylic acids is 2. The predicted molar refractivity (Wildman–Crippen MR) is 104 cm³/mol. The van der Waals surface area contributed by atoms with Gasteiger partial charge in [-0.1, -0.05) is 32.4 Å². The molecule has 1 saturated heterocycles. The van der Waals surface area contributed by atoms with Gasteiger partial charge in [0.25, 0.3) is 5.91 Å². The molecule has 0 aromatic heterocycles. The van der Waals surface area contributed by atoms with Crippen molar-refractivity contribution in [3.8, 4) is 5.75 Å². The first kappa shape index (κ1) is 20.6. The third kappa shape index (κ3) is 5.37. The van der Waals surface area contributed by atoms with Crippen LogP contribution in [0, 0.1) is 19.3 Å². The Bertz CT molecular complexity index is 651. The summed E-state index contributed by atoms with van der Waals surface area (Å²) in [6.45, 7) is 10.9. The average Bonchev–Trinajstić information content (AvgIpc) is 2.57. The van der Waals surface area contributed by atoms with Gasteiger partial charge in [-0.15, -0.1) is 0 Å². The van der Waals surface area contributed by atoms with E-state index >= 15 is 0 Å². The summed E-state index contributed by atoms with van der Waals surface area (Å²) in [4.78, 5) is 26.3. The Morgan fingerprint density at radius 1 is 1.19 bits per heavy atom. The molecule has 1 aromatic carbocycles. The molecule has 144 valence electrons. The fourth-order valence-electron chi connectivity index (χ4n) is 3.11. The highest BCUT2D eigenvalue weighted by atomic mass is 35.5. The normalized spacial score (nSPS) is 15.7. The van der Waals surface area contributed by atoms with Gasteiger partial charge in [-0.2, -0.15) is 0 Å². The highest BCUT2D eigenvalue weighted by molar-refractivity contribution is 6.32. The number of aryl methyl sites for hydroxylation is 2. The van der Waals surface area contributed by atoms with Crippen molar-refractivity contribution in [1.29, 1.82) is 0 Å². The van der Waals surface area contributed by atoms with Crippen molar-refractivity contribution >= 4 is 23.4 Å². The van der Waals surface area contributed by atoms with E-state index in [0.717, 1.165) is 29.0 Å². The van der Waals surface area contributed by atoms with E-state index in [1.165, 1.54) is 0 Å². The van der Waals surface area contributed by atoms with Crippen LogP contribution in [0.25, 0.3) is 0 Å². The molecule has 1 heterocycles. The van der Waals surface area contributed by atoms with Gasteiger partial charge >= 0.3 is 0 Å². The maximum absolute atomic E-state index is 12.3. The lowest BCUT2D eigenvalue weighted by molar-refractivity contribution is -0.140. The zero-order chi connectivity index (χ0) is 19.5. The van der Waals surface area contributed by atoms with Gasteiger partial charge in [0.1, 0.15) is 5.75 Å². The lowest BCUT2D eigenvalue weighted by Crippen LogP contribution is -2.49. The van der Waals surface area contributed by atoms with Crippen molar-refractivity contribution in [3.05, 3.63) is 28.3 Å². The van der Waals surface area contributed by atoms with Crippen molar-refractivity contribution in [2.24, 2.45) is 5.41 Å². The van der Waals surface area contributed by atoms with Crippen LogP contribution in [-0.4, -0.2) is 42.5 Å². The first-order valence-electron chi connectivity index (χ1n) is 9.06. The predicted octanol–water partition coefficient (Wildman–Crippen LogP) is 3.49. The van der Waals surface area contributed by atoms with Crippen molar-refractivity contribution in [1.82, 2.24) is 10.2 Å². The summed E-state index contributed by atoms with van der Waals surface area (Å²) < 4.78 is 5.59. The standard InChI is InChI=1S/C20H29ClN2O3/c1-13-10-16(11-14(2)18(13)21)26-12-17(24)22-15-6-8-23(9-7-15)19(25)20(3,4)5/h10-11,15H,6-9,12H2,1-5H3,(H,22,24). The summed E-state index contributed by atoms with van der Waals surface area (Å²) in [5, 5.41) is 3.72. The van der Waals surface area contributed by atoms with Gasteiger partial charge in [-0.05, 0) is 49.9 Å². The lowest BCUT2D eigenvalue weighted by atomic mass is 9.93. The zero-order valence-electron chi connectivity index (χ0n) is 16.3. The molecule has 2 rings (SSSR count). The Balaban J connectivity index is 1.78. The van der Waals surface area contributed by atoms with E-state index < -0.39 is 0 Å². The molecule has 0 saturated carbocycles. The van der Waals surface area contributed by atoms with E-state index in [0.29, 0.717) is 18.8 Å². The van der Waals surface area contributed by atoms with Crippen molar-refractivity contribution in [2.75, 3.05) is 19.7 Å². The molecule has 1 N–H and O–H groups in total. The SMILES string of the molecule is Cc1cc(OCC(=O)NC2CCN(C(=O)C(C)(C)C)CC2)cc(C)c1Cl. The molecule has 0 unspecified atom stereocenters. The smallest absolute Gasteiger partial charge is 0.258 e. The molecule has 26 heavy (non-hydrogen) atoms. The van der Waals surface area contributed by atoms with Crippen molar-refractivity contribution in [2.45, 2.75) is 53.5 Å². The van der Waals surface area contributed by atoms with E-state index in [4.69, 9.17) is 16.3 Å². The highest BCUT2D eigenvalue weighted by Gasteiger charge is 2.30. The molecule has 0 aliphatic carbocycles.